The smallest absolute Gasteiger partial charge is 0.243 e. The van der Waals surface area contributed by atoms with Crippen molar-refractivity contribution in [3.8, 4) is 0 Å². The fourth-order valence-electron chi connectivity index (χ4n) is 1.46. The van der Waals surface area contributed by atoms with E-state index < -0.39 is 21.7 Å². The number of nitrogens with zero attached hydrogens (tertiary/aromatic N) is 3. The lowest BCUT2D eigenvalue weighted by atomic mass is 10.4. The highest BCUT2D eigenvalue weighted by Crippen LogP contribution is 2.15. The van der Waals surface area contributed by atoms with Crippen molar-refractivity contribution in [1.29, 1.82) is 0 Å². The summed E-state index contributed by atoms with van der Waals surface area (Å²) in [5.41, 5.74) is 1.44. The maximum Gasteiger partial charge on any atom is 0.243 e. The molecule has 0 spiro atoms. The van der Waals surface area contributed by atoms with Gasteiger partial charge in [-0.05, 0) is 24.3 Å². The van der Waals surface area contributed by atoms with E-state index in [1.54, 1.807) is 0 Å². The molecule has 2 aromatic rings. The van der Waals surface area contributed by atoms with E-state index in [0.29, 0.717) is 0 Å². The Kier molecular flexibility index (Phi) is 4.60. The van der Waals surface area contributed by atoms with Crippen LogP contribution in [0.5, 0.6) is 0 Å². The minimum atomic E-state index is -3.86. The van der Waals surface area contributed by atoms with Crippen LogP contribution in [0.25, 0.3) is 0 Å². The van der Waals surface area contributed by atoms with E-state index in [1.807, 2.05) is 0 Å². The van der Waals surface area contributed by atoms with Gasteiger partial charge in [0.15, 0.2) is 0 Å². The van der Waals surface area contributed by atoms with Crippen LogP contribution in [-0.4, -0.2) is 42.4 Å². The van der Waals surface area contributed by atoms with Gasteiger partial charge in [0.2, 0.25) is 21.1 Å². The van der Waals surface area contributed by atoms with Crippen molar-refractivity contribution in [2.45, 2.75) is 4.90 Å². The minimum Gasteiger partial charge on any atom is -0.299 e. The normalized spacial score (nSPS) is 11.6. The van der Waals surface area contributed by atoms with E-state index >= 15 is 0 Å². The molecule has 0 atom stereocenters. The molecule has 1 N–H and O–H groups in total. The van der Waals surface area contributed by atoms with Gasteiger partial charge in [-0.3, -0.25) is 10.1 Å². The molecule has 1 heterocycles. The monoisotopic (exact) mass is 330 g/mol. The highest BCUT2D eigenvalue weighted by Gasteiger charge is 2.23. The van der Waals surface area contributed by atoms with Gasteiger partial charge in [0.1, 0.15) is 11.3 Å². The Balaban J connectivity index is 2.06. The second-order valence-electron chi connectivity index (χ2n) is 4.01. The maximum atomic E-state index is 12.8. The van der Waals surface area contributed by atoms with Crippen LogP contribution < -0.4 is 5.32 Å². The Hall–Kier alpha value is -1.91. The van der Waals surface area contributed by atoms with E-state index in [4.69, 9.17) is 0 Å². The Morgan fingerprint density at radius 2 is 2.05 bits per heavy atom. The number of amides is 1. The van der Waals surface area contributed by atoms with Crippen LogP contribution in [0.15, 0.2) is 34.7 Å². The van der Waals surface area contributed by atoms with Gasteiger partial charge in [-0.25, -0.2) is 12.8 Å². The van der Waals surface area contributed by atoms with Gasteiger partial charge >= 0.3 is 0 Å². The highest BCUT2D eigenvalue weighted by molar-refractivity contribution is 7.89. The molecule has 0 saturated carbocycles. The van der Waals surface area contributed by atoms with Gasteiger partial charge in [-0.2, -0.15) is 4.31 Å². The predicted molar refractivity (Wildman–Crippen MR) is 74.8 cm³/mol. The Labute approximate surface area is 124 Å². The molecule has 0 aliphatic carbocycles. The third-order valence-corrected chi connectivity index (χ3v) is 4.92. The number of aromatic nitrogens is 2. The van der Waals surface area contributed by atoms with Gasteiger partial charge in [0, 0.05) is 7.05 Å². The van der Waals surface area contributed by atoms with Gasteiger partial charge in [-0.1, -0.05) is 11.3 Å². The Bertz CT molecular complexity index is 716. The molecule has 0 fully saturated rings. The largest absolute Gasteiger partial charge is 0.299 e. The number of likely N-dealkylation sites (N-methyl/N-ethyl adjacent to an activating group) is 1. The third kappa shape index (κ3) is 3.80. The van der Waals surface area contributed by atoms with Gasteiger partial charge in [0.25, 0.3) is 0 Å². The molecule has 1 aromatic carbocycles. The second-order valence-corrected chi connectivity index (χ2v) is 6.89. The molecule has 0 unspecified atom stereocenters. The first kappa shape index (κ1) is 15.5. The van der Waals surface area contributed by atoms with E-state index in [0.717, 1.165) is 39.9 Å². The standard InChI is InChI=1S/C11H11FN4O3S2/c1-16(6-10(17)14-11-15-13-7-20-11)21(18,19)9-4-2-8(12)3-5-9/h2-5,7H,6H2,1H3,(H,14,15,17). The molecule has 1 aromatic heterocycles. The summed E-state index contributed by atoms with van der Waals surface area (Å²) in [6.07, 6.45) is 0. The first-order valence-corrected chi connectivity index (χ1v) is 7.99. The molecule has 0 aliphatic heterocycles. The number of rotatable bonds is 5. The molecule has 0 bridgehead atoms. The quantitative estimate of drug-likeness (QED) is 0.881. The van der Waals surface area contributed by atoms with Crippen LogP contribution in [0.1, 0.15) is 0 Å². The molecule has 7 nitrogen and oxygen atoms in total. The number of sulfonamides is 1. The zero-order valence-corrected chi connectivity index (χ0v) is 12.5. The molecule has 1 amide bonds. The molecule has 0 aliphatic rings. The van der Waals surface area contributed by atoms with E-state index in [1.165, 1.54) is 12.6 Å². The fourth-order valence-corrected chi connectivity index (χ4v) is 3.05. The highest BCUT2D eigenvalue weighted by atomic mass is 32.2. The molecule has 0 saturated heterocycles. The summed E-state index contributed by atoms with van der Waals surface area (Å²) >= 11 is 1.12. The van der Waals surface area contributed by atoms with Crippen molar-refractivity contribution in [3.63, 3.8) is 0 Å². The summed E-state index contributed by atoms with van der Waals surface area (Å²) < 4.78 is 38.0. The zero-order valence-electron chi connectivity index (χ0n) is 10.9. The van der Waals surface area contributed by atoms with Crippen LogP contribution in [0.3, 0.4) is 0 Å². The number of carbonyl (C=O) groups excluding carboxylic acids is 1. The summed E-state index contributed by atoms with van der Waals surface area (Å²) in [5, 5.41) is 9.88. The number of carbonyl (C=O) groups is 1. The molecule has 0 radical (unpaired) electrons. The van der Waals surface area contributed by atoms with Crippen molar-refractivity contribution in [1.82, 2.24) is 14.5 Å². The summed E-state index contributed by atoms with van der Waals surface area (Å²) in [4.78, 5) is 11.6. The number of hydrogen-bond donors (Lipinski definition) is 1. The number of benzene rings is 1. The topological polar surface area (TPSA) is 92.3 Å². The van der Waals surface area contributed by atoms with Gasteiger partial charge in [-0.15, -0.1) is 10.2 Å². The van der Waals surface area contributed by atoms with Crippen LogP contribution in [0, 0.1) is 5.82 Å². The number of halogens is 1. The Morgan fingerprint density at radius 3 is 2.62 bits per heavy atom. The molecule has 2 rings (SSSR count). The molecular weight excluding hydrogens is 319 g/mol. The van der Waals surface area contributed by atoms with Crippen molar-refractivity contribution in [2.24, 2.45) is 0 Å². The maximum absolute atomic E-state index is 12.8. The van der Waals surface area contributed by atoms with Gasteiger partial charge < -0.3 is 0 Å². The zero-order chi connectivity index (χ0) is 15.5. The molecular formula is C11H11FN4O3S2. The second kappa shape index (κ2) is 6.24. The van der Waals surface area contributed by atoms with E-state index in [-0.39, 0.29) is 16.6 Å². The molecule has 112 valence electrons. The molecule has 10 heteroatoms. The predicted octanol–water partition coefficient (Wildman–Crippen LogP) is 0.936. The van der Waals surface area contributed by atoms with E-state index in [2.05, 4.69) is 15.5 Å². The van der Waals surface area contributed by atoms with Crippen molar-refractivity contribution in [2.75, 3.05) is 18.9 Å². The lowest BCUT2D eigenvalue weighted by Crippen LogP contribution is -2.34. The van der Waals surface area contributed by atoms with Gasteiger partial charge in [0.05, 0.1) is 11.4 Å². The third-order valence-electron chi connectivity index (χ3n) is 2.49. The number of nitrogens with one attached hydrogen (secondary N) is 1. The van der Waals surface area contributed by atoms with Crippen LogP contribution >= 0.6 is 11.3 Å². The summed E-state index contributed by atoms with van der Waals surface area (Å²) in [7, 11) is -2.59. The van der Waals surface area contributed by atoms with Crippen molar-refractivity contribution < 1.29 is 17.6 Å². The number of hydrogen-bond acceptors (Lipinski definition) is 6. The summed E-state index contributed by atoms with van der Waals surface area (Å²) in [5.74, 6) is -1.08. The van der Waals surface area contributed by atoms with Crippen LogP contribution in [-0.2, 0) is 14.8 Å². The first-order chi connectivity index (χ1) is 9.89. The lowest BCUT2D eigenvalue weighted by molar-refractivity contribution is -0.116. The average molecular weight is 330 g/mol. The lowest BCUT2D eigenvalue weighted by Gasteiger charge is -2.16. The van der Waals surface area contributed by atoms with Crippen LogP contribution in [0.4, 0.5) is 9.52 Å². The van der Waals surface area contributed by atoms with E-state index in [9.17, 15) is 17.6 Å². The van der Waals surface area contributed by atoms with Crippen molar-refractivity contribution in [3.05, 3.63) is 35.6 Å². The SMILES string of the molecule is CN(CC(=O)Nc1nncs1)S(=O)(=O)c1ccc(F)cc1. The van der Waals surface area contributed by atoms with Crippen LogP contribution in [0.2, 0.25) is 0 Å². The average Bonchev–Trinajstić information content (AvgIpc) is 2.91. The fraction of sp³-hybridized carbons (Fsp3) is 0.182. The summed E-state index contributed by atoms with van der Waals surface area (Å²) in [6.45, 7) is -0.390. The first-order valence-electron chi connectivity index (χ1n) is 5.67. The Morgan fingerprint density at radius 1 is 1.38 bits per heavy atom. The number of anilines is 1. The minimum absolute atomic E-state index is 0.0879. The summed E-state index contributed by atoms with van der Waals surface area (Å²) in [6, 6.07) is 4.37. The molecule has 21 heavy (non-hydrogen) atoms. The van der Waals surface area contributed by atoms with Crippen molar-refractivity contribution >= 4 is 32.4 Å².